The molecule has 1 aliphatic carbocycles. The third-order valence-electron chi connectivity index (χ3n) is 5.26. The molecule has 32 heavy (non-hydrogen) atoms. The molecule has 3 amide bonds. The summed E-state index contributed by atoms with van der Waals surface area (Å²) >= 11 is 5.91. The van der Waals surface area contributed by atoms with Crippen molar-refractivity contribution in [2.45, 2.75) is 18.4 Å². The second kappa shape index (κ2) is 9.28. The Morgan fingerprint density at radius 3 is 2.56 bits per heavy atom. The number of carbonyl (C=O) groups is 2. The molecule has 0 radical (unpaired) electrons. The molecule has 0 fully saturated rings. The zero-order valence-corrected chi connectivity index (χ0v) is 18.6. The molecule has 8 heteroatoms. The summed E-state index contributed by atoms with van der Waals surface area (Å²) < 4.78 is 0. The van der Waals surface area contributed by atoms with Crippen molar-refractivity contribution in [1.29, 1.82) is 0 Å². The Morgan fingerprint density at radius 2 is 1.88 bits per heavy atom. The van der Waals surface area contributed by atoms with Gasteiger partial charge in [-0.3, -0.25) is 4.79 Å². The van der Waals surface area contributed by atoms with E-state index in [1.165, 1.54) is 0 Å². The standard InChI is InChI=1S/C24H24ClN5O2/c1-30(2)29-18-11-7-15(8-12-18)21-19-5-3-4-6-20(19)27-23(31)22(21)28-24(32)26-17-13-9-16(25)10-14-17/h3-11,13-14,21-22H,12H2,1-2H3,(H,27,31)(H2,26,28,32). The molecule has 4 rings (SSSR count). The molecule has 0 bridgehead atoms. The van der Waals surface area contributed by atoms with Gasteiger partial charge < -0.3 is 21.0 Å². The second-order valence-electron chi connectivity index (χ2n) is 7.82. The lowest BCUT2D eigenvalue weighted by Crippen LogP contribution is -2.51. The van der Waals surface area contributed by atoms with Gasteiger partial charge in [0.25, 0.3) is 0 Å². The number of amides is 3. The first kappa shape index (κ1) is 21.6. The van der Waals surface area contributed by atoms with E-state index in [4.69, 9.17) is 11.6 Å². The number of carbonyl (C=O) groups excluding carboxylic acids is 2. The molecule has 2 unspecified atom stereocenters. The molecule has 2 aromatic carbocycles. The monoisotopic (exact) mass is 449 g/mol. The Kier molecular flexibility index (Phi) is 6.28. The number of benzene rings is 2. The Bertz CT molecular complexity index is 1120. The smallest absolute Gasteiger partial charge is 0.319 e. The summed E-state index contributed by atoms with van der Waals surface area (Å²) in [5.74, 6) is -0.588. The normalized spacial score (nSPS) is 20.8. The summed E-state index contributed by atoms with van der Waals surface area (Å²) in [5, 5.41) is 15.3. The summed E-state index contributed by atoms with van der Waals surface area (Å²) in [6, 6.07) is 13.2. The Morgan fingerprint density at radius 1 is 1.12 bits per heavy atom. The molecule has 2 aromatic rings. The maximum absolute atomic E-state index is 13.0. The average molecular weight is 450 g/mol. The van der Waals surface area contributed by atoms with E-state index in [1.54, 1.807) is 29.3 Å². The number of anilines is 2. The number of halogens is 1. The van der Waals surface area contributed by atoms with Crippen molar-refractivity contribution in [3.63, 3.8) is 0 Å². The molecule has 3 N–H and O–H groups in total. The fraction of sp³-hybridized carbons (Fsp3) is 0.208. The fourth-order valence-corrected chi connectivity index (χ4v) is 4.02. The highest BCUT2D eigenvalue weighted by Gasteiger charge is 2.38. The number of nitrogens with zero attached hydrogens (tertiary/aromatic N) is 2. The van der Waals surface area contributed by atoms with Crippen molar-refractivity contribution in [1.82, 2.24) is 10.3 Å². The maximum Gasteiger partial charge on any atom is 0.319 e. The number of rotatable bonds is 4. The highest BCUT2D eigenvalue weighted by molar-refractivity contribution is 6.30. The second-order valence-corrected chi connectivity index (χ2v) is 8.25. The van der Waals surface area contributed by atoms with Gasteiger partial charge in [0.15, 0.2) is 0 Å². The molecule has 0 saturated carbocycles. The highest BCUT2D eigenvalue weighted by Crippen LogP contribution is 2.39. The minimum Gasteiger partial charge on any atom is -0.325 e. The average Bonchev–Trinajstić information content (AvgIpc) is 2.76. The topological polar surface area (TPSA) is 85.8 Å². The van der Waals surface area contributed by atoms with Crippen LogP contribution in [0.15, 0.2) is 77.4 Å². The lowest BCUT2D eigenvalue weighted by Gasteiger charge is -2.35. The van der Waals surface area contributed by atoms with Crippen molar-refractivity contribution in [3.05, 3.63) is 82.9 Å². The van der Waals surface area contributed by atoms with Gasteiger partial charge in [0, 0.05) is 42.8 Å². The molecule has 0 aromatic heterocycles. The summed E-state index contributed by atoms with van der Waals surface area (Å²) in [4.78, 5) is 25.7. The van der Waals surface area contributed by atoms with Gasteiger partial charge >= 0.3 is 6.03 Å². The van der Waals surface area contributed by atoms with Gasteiger partial charge in [-0.15, -0.1) is 0 Å². The van der Waals surface area contributed by atoms with E-state index in [0.717, 1.165) is 22.5 Å². The van der Waals surface area contributed by atoms with Gasteiger partial charge in [0.1, 0.15) is 6.04 Å². The van der Waals surface area contributed by atoms with Gasteiger partial charge in [0.05, 0.1) is 5.71 Å². The molecule has 2 atom stereocenters. The van der Waals surface area contributed by atoms with E-state index in [9.17, 15) is 9.59 Å². The van der Waals surface area contributed by atoms with Gasteiger partial charge in [-0.25, -0.2) is 4.79 Å². The molecule has 1 aliphatic heterocycles. The van der Waals surface area contributed by atoms with E-state index in [1.807, 2.05) is 50.5 Å². The summed E-state index contributed by atoms with van der Waals surface area (Å²) in [5.41, 5.74) is 4.17. The minimum absolute atomic E-state index is 0.262. The molecule has 164 valence electrons. The Labute approximate surface area is 191 Å². The van der Waals surface area contributed by atoms with Crippen LogP contribution in [0, 0.1) is 0 Å². The van der Waals surface area contributed by atoms with Gasteiger partial charge in [0.2, 0.25) is 5.91 Å². The van der Waals surface area contributed by atoms with E-state index < -0.39 is 12.1 Å². The molecule has 7 nitrogen and oxygen atoms in total. The van der Waals surface area contributed by atoms with Crippen LogP contribution in [-0.4, -0.2) is 42.8 Å². The van der Waals surface area contributed by atoms with Crippen LogP contribution in [-0.2, 0) is 4.79 Å². The van der Waals surface area contributed by atoms with Crippen LogP contribution in [0.3, 0.4) is 0 Å². The summed E-state index contributed by atoms with van der Waals surface area (Å²) in [6.07, 6.45) is 6.63. The zero-order valence-electron chi connectivity index (χ0n) is 17.8. The third-order valence-corrected chi connectivity index (χ3v) is 5.51. The molecule has 1 heterocycles. The Balaban J connectivity index is 1.60. The van der Waals surface area contributed by atoms with E-state index in [2.05, 4.69) is 27.1 Å². The SMILES string of the molecule is CN(C)N=C1C=CC(C2c3ccccc3NC(=O)C2NC(=O)Nc2ccc(Cl)cc2)=CC1. The molecule has 0 spiro atoms. The molecular weight excluding hydrogens is 426 g/mol. The predicted molar refractivity (Wildman–Crippen MR) is 128 cm³/mol. The maximum atomic E-state index is 13.0. The molecule has 2 aliphatic rings. The van der Waals surface area contributed by atoms with Crippen molar-refractivity contribution >= 4 is 40.6 Å². The number of hydrazone groups is 1. The zero-order chi connectivity index (χ0) is 22.7. The van der Waals surface area contributed by atoms with E-state index >= 15 is 0 Å². The third kappa shape index (κ3) is 4.84. The highest BCUT2D eigenvalue weighted by atomic mass is 35.5. The largest absolute Gasteiger partial charge is 0.325 e. The van der Waals surface area contributed by atoms with Crippen LogP contribution in [0.5, 0.6) is 0 Å². The van der Waals surface area contributed by atoms with Gasteiger partial charge in [-0.2, -0.15) is 5.10 Å². The number of hydrogen-bond donors (Lipinski definition) is 3. The van der Waals surface area contributed by atoms with Gasteiger partial charge in [-0.1, -0.05) is 42.0 Å². The number of allylic oxidation sites excluding steroid dienone is 3. The first-order valence-corrected chi connectivity index (χ1v) is 10.6. The predicted octanol–water partition coefficient (Wildman–Crippen LogP) is 4.37. The Hall–Kier alpha value is -3.58. The fourth-order valence-electron chi connectivity index (χ4n) is 3.90. The van der Waals surface area contributed by atoms with E-state index in [0.29, 0.717) is 17.1 Å². The van der Waals surface area contributed by atoms with Crippen molar-refractivity contribution in [3.8, 4) is 0 Å². The number of urea groups is 1. The van der Waals surface area contributed by atoms with Crippen LogP contribution < -0.4 is 16.0 Å². The van der Waals surface area contributed by atoms with Crippen molar-refractivity contribution in [2.24, 2.45) is 5.10 Å². The lowest BCUT2D eigenvalue weighted by atomic mass is 9.79. The summed E-state index contributed by atoms with van der Waals surface area (Å²) in [6.45, 7) is 0. The van der Waals surface area contributed by atoms with Crippen LogP contribution in [0.4, 0.5) is 16.2 Å². The minimum atomic E-state index is -0.777. The number of para-hydroxylation sites is 1. The number of hydrogen-bond acceptors (Lipinski definition) is 4. The van der Waals surface area contributed by atoms with Crippen LogP contribution in [0.25, 0.3) is 0 Å². The molecule has 0 saturated heterocycles. The van der Waals surface area contributed by atoms with Crippen LogP contribution in [0.1, 0.15) is 17.9 Å². The quantitative estimate of drug-likeness (QED) is 0.606. The summed E-state index contributed by atoms with van der Waals surface area (Å²) in [7, 11) is 3.75. The number of fused-ring (bicyclic) bond motifs is 1. The lowest BCUT2D eigenvalue weighted by molar-refractivity contribution is -0.118. The first-order chi connectivity index (χ1) is 15.4. The van der Waals surface area contributed by atoms with Crippen LogP contribution >= 0.6 is 11.6 Å². The molecular formula is C24H24ClN5O2. The van der Waals surface area contributed by atoms with Crippen molar-refractivity contribution in [2.75, 3.05) is 24.7 Å². The van der Waals surface area contributed by atoms with Gasteiger partial charge in [-0.05, 0) is 47.5 Å². The van der Waals surface area contributed by atoms with E-state index in [-0.39, 0.29) is 11.8 Å². The van der Waals surface area contributed by atoms with Crippen molar-refractivity contribution < 1.29 is 9.59 Å². The van der Waals surface area contributed by atoms with Crippen LogP contribution in [0.2, 0.25) is 5.02 Å². The first-order valence-electron chi connectivity index (χ1n) is 10.3. The number of nitrogens with one attached hydrogen (secondary N) is 3.